The van der Waals surface area contributed by atoms with Crippen molar-refractivity contribution in [2.75, 3.05) is 36.8 Å². The average molecular weight is 346 g/mol. The first-order valence-electron chi connectivity index (χ1n) is 7.98. The van der Waals surface area contributed by atoms with Crippen molar-refractivity contribution in [1.29, 1.82) is 0 Å². The van der Waals surface area contributed by atoms with Crippen LogP contribution in [-0.4, -0.2) is 57.7 Å². The lowest BCUT2D eigenvalue weighted by molar-refractivity contribution is 0.0587. The van der Waals surface area contributed by atoms with E-state index in [1.165, 1.54) is 0 Å². The summed E-state index contributed by atoms with van der Waals surface area (Å²) in [5.74, 6) is 0.0482. The van der Waals surface area contributed by atoms with Gasteiger partial charge in [0.1, 0.15) is 0 Å². The topological polar surface area (TPSA) is 40.6 Å². The minimum absolute atomic E-state index is 0.00939. The van der Waals surface area contributed by atoms with Crippen LogP contribution in [0, 0.1) is 0 Å². The number of halogens is 2. The van der Waals surface area contributed by atoms with E-state index in [-0.39, 0.29) is 18.3 Å². The Balaban J connectivity index is 2.25. The van der Waals surface area contributed by atoms with Gasteiger partial charge in [0.2, 0.25) is 0 Å². The van der Waals surface area contributed by atoms with Gasteiger partial charge in [0, 0.05) is 25.7 Å². The van der Waals surface area contributed by atoms with E-state index in [9.17, 15) is 17.2 Å². The monoisotopic (exact) mass is 346 g/mol. The van der Waals surface area contributed by atoms with Crippen LogP contribution in [0.4, 0.5) is 14.5 Å². The van der Waals surface area contributed by atoms with Crippen LogP contribution in [-0.2, 0) is 9.84 Å². The Morgan fingerprint density at radius 3 is 2.52 bits per heavy atom. The zero-order valence-electron chi connectivity index (χ0n) is 13.6. The van der Waals surface area contributed by atoms with Crippen molar-refractivity contribution < 1.29 is 17.2 Å². The third-order valence-corrected chi connectivity index (χ3v) is 6.14. The highest BCUT2D eigenvalue weighted by molar-refractivity contribution is 7.91. The number of benzene rings is 1. The number of alkyl halides is 2. The molecule has 130 valence electrons. The van der Waals surface area contributed by atoms with Crippen LogP contribution in [0.3, 0.4) is 0 Å². The number of nitrogens with zero attached hydrogens (tertiary/aromatic N) is 2. The van der Waals surface area contributed by atoms with E-state index in [4.69, 9.17) is 0 Å². The highest BCUT2D eigenvalue weighted by atomic mass is 32.2. The summed E-state index contributed by atoms with van der Waals surface area (Å²) >= 11 is 0. The molecule has 0 amide bonds. The first kappa shape index (κ1) is 18.1. The van der Waals surface area contributed by atoms with Gasteiger partial charge in [-0.05, 0) is 18.6 Å². The van der Waals surface area contributed by atoms with E-state index >= 15 is 0 Å². The summed E-state index contributed by atoms with van der Waals surface area (Å²) in [6.07, 6.45) is -1.59. The van der Waals surface area contributed by atoms with Gasteiger partial charge in [-0.3, -0.25) is 4.90 Å². The van der Waals surface area contributed by atoms with Gasteiger partial charge in [0.05, 0.1) is 22.9 Å². The third-order valence-electron chi connectivity index (χ3n) is 4.37. The molecular formula is C16H24F2N2O2S. The van der Waals surface area contributed by atoms with Crippen molar-refractivity contribution in [2.24, 2.45) is 0 Å². The van der Waals surface area contributed by atoms with Crippen molar-refractivity contribution >= 4 is 15.5 Å². The van der Waals surface area contributed by atoms with Crippen LogP contribution in [0.25, 0.3) is 0 Å². The number of anilines is 1. The zero-order valence-corrected chi connectivity index (χ0v) is 14.4. The molecule has 0 bridgehead atoms. The number of rotatable bonds is 6. The molecule has 1 atom stereocenters. The molecule has 1 saturated heterocycles. The second-order valence-electron chi connectivity index (χ2n) is 5.77. The molecule has 1 aliphatic heterocycles. The molecule has 1 heterocycles. The summed E-state index contributed by atoms with van der Waals surface area (Å²) in [6.45, 7) is 5.02. The molecule has 0 radical (unpaired) electrons. The average Bonchev–Trinajstić information content (AvgIpc) is 2.54. The molecular weight excluding hydrogens is 322 g/mol. The maximum absolute atomic E-state index is 12.7. The van der Waals surface area contributed by atoms with Gasteiger partial charge in [-0.15, -0.1) is 0 Å². The van der Waals surface area contributed by atoms with E-state index in [0.717, 1.165) is 6.42 Å². The smallest absolute Gasteiger partial charge is 0.251 e. The highest BCUT2D eigenvalue weighted by Gasteiger charge is 2.30. The molecule has 2 rings (SSSR count). The van der Waals surface area contributed by atoms with Crippen LogP contribution in [0.5, 0.6) is 0 Å². The van der Waals surface area contributed by atoms with Gasteiger partial charge in [-0.25, -0.2) is 17.2 Å². The Bertz CT molecular complexity index is 622. The second kappa shape index (κ2) is 7.57. The Morgan fingerprint density at radius 2 is 1.91 bits per heavy atom. The molecule has 7 heteroatoms. The standard InChI is InChI=1S/C16H24F2N2O2S/c1-3-13-11-20(10-9-19(13)12-16(17)18)14-7-5-6-8-15(14)23(21,22)4-2/h5-8,13,16H,3-4,9-12H2,1-2H3. The normalized spacial score (nSPS) is 20.2. The zero-order chi connectivity index (χ0) is 17.0. The van der Waals surface area contributed by atoms with E-state index in [1.54, 1.807) is 30.0 Å². The van der Waals surface area contributed by atoms with Crippen molar-refractivity contribution in [3.63, 3.8) is 0 Å². The van der Waals surface area contributed by atoms with Crippen molar-refractivity contribution in [3.05, 3.63) is 24.3 Å². The largest absolute Gasteiger partial charge is 0.368 e. The number of hydrogen-bond donors (Lipinski definition) is 0. The van der Waals surface area contributed by atoms with Gasteiger partial charge in [-0.2, -0.15) is 0 Å². The summed E-state index contributed by atoms with van der Waals surface area (Å²) in [7, 11) is -3.31. The van der Waals surface area contributed by atoms with Crippen LogP contribution in [0.1, 0.15) is 20.3 Å². The Hall–Kier alpha value is -1.21. The predicted octanol–water partition coefficient (Wildman–Crippen LogP) is 2.65. The number of para-hydroxylation sites is 1. The first-order chi connectivity index (χ1) is 10.9. The minimum Gasteiger partial charge on any atom is -0.368 e. The van der Waals surface area contributed by atoms with E-state index in [2.05, 4.69) is 0 Å². The third kappa shape index (κ3) is 4.20. The molecule has 0 saturated carbocycles. The molecule has 1 aromatic rings. The molecule has 0 aliphatic carbocycles. The molecule has 0 spiro atoms. The summed E-state index contributed by atoms with van der Waals surface area (Å²) in [5, 5.41) is 0. The van der Waals surface area contributed by atoms with Crippen LogP contribution in [0.2, 0.25) is 0 Å². The fraction of sp³-hybridized carbons (Fsp3) is 0.625. The SMILES string of the molecule is CCC1CN(c2ccccc2S(=O)(=O)CC)CCN1CC(F)F. The molecule has 1 fully saturated rings. The van der Waals surface area contributed by atoms with E-state index < -0.39 is 16.3 Å². The first-order valence-corrected chi connectivity index (χ1v) is 9.63. The Labute approximate surface area is 137 Å². The van der Waals surface area contributed by atoms with Crippen LogP contribution >= 0.6 is 0 Å². The summed E-state index contributed by atoms with van der Waals surface area (Å²) in [5.41, 5.74) is 0.685. The van der Waals surface area contributed by atoms with Crippen molar-refractivity contribution in [3.8, 4) is 0 Å². The fourth-order valence-electron chi connectivity index (χ4n) is 3.05. The number of hydrogen-bond acceptors (Lipinski definition) is 4. The molecule has 0 N–H and O–H groups in total. The lowest BCUT2D eigenvalue weighted by Crippen LogP contribution is -2.54. The van der Waals surface area contributed by atoms with Crippen molar-refractivity contribution in [1.82, 2.24) is 4.90 Å². The maximum Gasteiger partial charge on any atom is 0.251 e. The van der Waals surface area contributed by atoms with Gasteiger partial charge < -0.3 is 4.90 Å². The Kier molecular flexibility index (Phi) is 5.97. The van der Waals surface area contributed by atoms with Gasteiger partial charge in [0.15, 0.2) is 9.84 Å². The quantitative estimate of drug-likeness (QED) is 0.794. The lowest BCUT2D eigenvalue weighted by Gasteiger charge is -2.42. The summed E-state index contributed by atoms with van der Waals surface area (Å²) < 4.78 is 49.9. The van der Waals surface area contributed by atoms with Crippen LogP contribution < -0.4 is 4.90 Å². The predicted molar refractivity (Wildman–Crippen MR) is 88.0 cm³/mol. The number of sulfone groups is 1. The molecule has 23 heavy (non-hydrogen) atoms. The van der Waals surface area contributed by atoms with Gasteiger partial charge in [-0.1, -0.05) is 26.0 Å². The second-order valence-corrected chi connectivity index (χ2v) is 8.01. The molecule has 4 nitrogen and oxygen atoms in total. The van der Waals surface area contributed by atoms with E-state index in [1.807, 2.05) is 17.9 Å². The Morgan fingerprint density at radius 1 is 1.22 bits per heavy atom. The summed E-state index contributed by atoms with van der Waals surface area (Å²) in [6, 6.07) is 6.97. The highest BCUT2D eigenvalue weighted by Crippen LogP contribution is 2.28. The van der Waals surface area contributed by atoms with Crippen LogP contribution in [0.15, 0.2) is 29.2 Å². The summed E-state index contributed by atoms with van der Waals surface area (Å²) in [4.78, 5) is 4.15. The lowest BCUT2D eigenvalue weighted by atomic mass is 10.1. The molecule has 1 aromatic carbocycles. The maximum atomic E-state index is 12.7. The van der Waals surface area contributed by atoms with E-state index in [0.29, 0.717) is 30.2 Å². The number of piperazine rings is 1. The molecule has 0 aromatic heterocycles. The fourth-order valence-corrected chi connectivity index (χ4v) is 4.17. The molecule has 1 unspecified atom stereocenters. The minimum atomic E-state index is -3.31. The van der Waals surface area contributed by atoms with Crippen molar-refractivity contribution in [2.45, 2.75) is 37.6 Å². The molecule has 1 aliphatic rings. The van der Waals surface area contributed by atoms with Gasteiger partial charge >= 0.3 is 0 Å². The van der Waals surface area contributed by atoms with Gasteiger partial charge in [0.25, 0.3) is 6.43 Å².